The van der Waals surface area contributed by atoms with Gasteiger partial charge in [-0.15, -0.1) is 12.4 Å². The van der Waals surface area contributed by atoms with Gasteiger partial charge in [-0.05, 0) is 68.7 Å². The van der Waals surface area contributed by atoms with Gasteiger partial charge >= 0.3 is 0 Å². The number of hydrogen-bond donors (Lipinski definition) is 1. The van der Waals surface area contributed by atoms with Crippen LogP contribution in [0.4, 0.5) is 0 Å². The maximum atomic E-state index is 3.42. The molecular weight excluding hydrogens is 194 g/mol. The minimum absolute atomic E-state index is 0. The van der Waals surface area contributed by atoms with Crippen LogP contribution >= 0.6 is 12.4 Å². The molecule has 0 aromatic carbocycles. The summed E-state index contributed by atoms with van der Waals surface area (Å²) in [6.45, 7) is 1.29. The molecule has 1 nitrogen and oxygen atoms in total. The maximum absolute atomic E-state index is 3.42. The summed E-state index contributed by atoms with van der Waals surface area (Å²) in [5.41, 5.74) is 0.740. The highest BCUT2D eigenvalue weighted by Crippen LogP contribution is 2.59. The van der Waals surface area contributed by atoms with E-state index in [9.17, 15) is 0 Å². The molecule has 4 rings (SSSR count). The largest absolute Gasteiger partial charge is 0.319 e. The quantitative estimate of drug-likeness (QED) is 0.747. The van der Waals surface area contributed by atoms with Crippen molar-refractivity contribution in [2.24, 2.45) is 23.2 Å². The summed E-state index contributed by atoms with van der Waals surface area (Å²) in [5, 5.41) is 3.42. The summed E-state index contributed by atoms with van der Waals surface area (Å²) in [7, 11) is 2.12. The van der Waals surface area contributed by atoms with Crippen LogP contribution in [-0.2, 0) is 0 Å². The van der Waals surface area contributed by atoms with E-state index in [0.717, 1.165) is 23.2 Å². The van der Waals surface area contributed by atoms with Crippen LogP contribution in [0.15, 0.2) is 0 Å². The molecule has 0 saturated heterocycles. The van der Waals surface area contributed by atoms with Gasteiger partial charge in [0.1, 0.15) is 0 Å². The zero-order valence-electron chi connectivity index (χ0n) is 9.09. The first kappa shape index (κ1) is 10.8. The van der Waals surface area contributed by atoms with Gasteiger partial charge in [-0.25, -0.2) is 0 Å². The van der Waals surface area contributed by atoms with E-state index in [2.05, 4.69) is 12.4 Å². The molecule has 4 aliphatic rings. The highest BCUT2D eigenvalue weighted by molar-refractivity contribution is 5.85. The van der Waals surface area contributed by atoms with Gasteiger partial charge in [0.25, 0.3) is 0 Å². The molecule has 0 aliphatic heterocycles. The fourth-order valence-electron chi connectivity index (χ4n) is 4.88. The fourth-order valence-corrected chi connectivity index (χ4v) is 4.88. The number of hydrogen-bond acceptors (Lipinski definition) is 1. The summed E-state index contributed by atoms with van der Waals surface area (Å²) in [6.07, 6.45) is 9.34. The molecule has 4 fully saturated rings. The molecule has 4 saturated carbocycles. The summed E-state index contributed by atoms with van der Waals surface area (Å²) in [4.78, 5) is 0. The van der Waals surface area contributed by atoms with E-state index < -0.39 is 0 Å². The third-order valence-electron chi connectivity index (χ3n) is 4.72. The van der Waals surface area contributed by atoms with Crippen LogP contribution in [0, 0.1) is 23.2 Å². The van der Waals surface area contributed by atoms with Crippen LogP contribution in [0.3, 0.4) is 0 Å². The van der Waals surface area contributed by atoms with Crippen molar-refractivity contribution in [3.63, 3.8) is 0 Å². The second-order valence-electron chi connectivity index (χ2n) is 5.95. The van der Waals surface area contributed by atoms with Crippen LogP contribution < -0.4 is 5.32 Å². The normalized spacial score (nSPS) is 49.1. The Kier molecular flexibility index (Phi) is 2.83. The zero-order chi connectivity index (χ0) is 8.89. The molecule has 1 N–H and O–H groups in total. The zero-order valence-corrected chi connectivity index (χ0v) is 9.91. The Bertz CT molecular complexity index is 179. The molecule has 0 atom stereocenters. The lowest BCUT2D eigenvalue weighted by Gasteiger charge is -2.57. The second kappa shape index (κ2) is 3.68. The molecule has 0 heterocycles. The molecular formula is C12H22ClN. The smallest absolute Gasteiger partial charge is 0.000511 e. The van der Waals surface area contributed by atoms with E-state index in [1.807, 2.05) is 0 Å². The van der Waals surface area contributed by atoms with E-state index >= 15 is 0 Å². The minimum Gasteiger partial charge on any atom is -0.319 e. The van der Waals surface area contributed by atoms with E-state index in [4.69, 9.17) is 0 Å². The minimum atomic E-state index is 0. The Morgan fingerprint density at radius 3 is 1.79 bits per heavy atom. The molecule has 2 heteroatoms. The van der Waals surface area contributed by atoms with Crippen molar-refractivity contribution < 1.29 is 0 Å². The molecule has 0 radical (unpaired) electrons. The van der Waals surface area contributed by atoms with Gasteiger partial charge in [-0.1, -0.05) is 0 Å². The van der Waals surface area contributed by atoms with Gasteiger partial charge in [-0.2, -0.15) is 0 Å². The predicted octanol–water partition coefficient (Wildman–Crippen LogP) is 2.84. The standard InChI is InChI=1S/C12H21N.ClH/c1-13-8-12-5-9-2-10(6-12)4-11(3-9)7-12;/h9-11,13H,2-8H2,1H3;1H. The summed E-state index contributed by atoms with van der Waals surface area (Å²) in [6, 6.07) is 0. The van der Waals surface area contributed by atoms with Crippen molar-refractivity contribution in [3.8, 4) is 0 Å². The van der Waals surface area contributed by atoms with Gasteiger partial charge in [-0.3, -0.25) is 0 Å². The third-order valence-corrected chi connectivity index (χ3v) is 4.72. The van der Waals surface area contributed by atoms with Gasteiger partial charge in [0.15, 0.2) is 0 Å². The summed E-state index contributed by atoms with van der Waals surface area (Å²) >= 11 is 0. The van der Waals surface area contributed by atoms with Crippen molar-refractivity contribution in [2.75, 3.05) is 13.6 Å². The SMILES string of the molecule is CNCC12CC3CC(CC(C3)C1)C2.Cl. The molecule has 82 valence electrons. The highest BCUT2D eigenvalue weighted by Gasteiger charge is 2.50. The Morgan fingerprint density at radius 2 is 1.43 bits per heavy atom. The number of halogens is 1. The van der Waals surface area contributed by atoms with E-state index in [1.54, 1.807) is 38.5 Å². The van der Waals surface area contributed by atoms with Gasteiger partial charge in [0, 0.05) is 6.54 Å². The monoisotopic (exact) mass is 215 g/mol. The molecule has 14 heavy (non-hydrogen) atoms. The first-order chi connectivity index (χ1) is 6.30. The van der Waals surface area contributed by atoms with E-state index in [-0.39, 0.29) is 12.4 Å². The molecule has 0 aromatic rings. The lowest BCUT2D eigenvalue weighted by Crippen LogP contribution is -2.49. The topological polar surface area (TPSA) is 12.0 Å². The molecule has 0 aromatic heterocycles. The third kappa shape index (κ3) is 1.59. The second-order valence-corrected chi connectivity index (χ2v) is 5.95. The summed E-state index contributed by atoms with van der Waals surface area (Å²) < 4.78 is 0. The van der Waals surface area contributed by atoms with Crippen LogP contribution in [0.25, 0.3) is 0 Å². The molecule has 4 aliphatic carbocycles. The fraction of sp³-hybridized carbons (Fsp3) is 1.00. The van der Waals surface area contributed by atoms with Crippen molar-refractivity contribution in [1.82, 2.24) is 5.32 Å². The van der Waals surface area contributed by atoms with E-state index in [0.29, 0.717) is 0 Å². The molecule has 0 spiro atoms. The Balaban J connectivity index is 0.000000750. The van der Waals surface area contributed by atoms with Gasteiger partial charge in [0.2, 0.25) is 0 Å². The average Bonchev–Trinajstić information content (AvgIpc) is 2.00. The predicted molar refractivity (Wildman–Crippen MR) is 61.8 cm³/mol. The van der Waals surface area contributed by atoms with Crippen LogP contribution in [0.2, 0.25) is 0 Å². The highest BCUT2D eigenvalue weighted by atomic mass is 35.5. The van der Waals surface area contributed by atoms with Crippen molar-refractivity contribution in [1.29, 1.82) is 0 Å². The lowest BCUT2D eigenvalue weighted by molar-refractivity contribution is -0.0503. The van der Waals surface area contributed by atoms with E-state index in [1.165, 1.54) is 6.54 Å². The van der Waals surface area contributed by atoms with Crippen molar-refractivity contribution in [2.45, 2.75) is 38.5 Å². The van der Waals surface area contributed by atoms with Crippen LogP contribution in [0.5, 0.6) is 0 Å². The summed E-state index contributed by atoms with van der Waals surface area (Å²) in [5.74, 6) is 3.33. The Morgan fingerprint density at radius 1 is 1.00 bits per heavy atom. The van der Waals surface area contributed by atoms with Crippen LogP contribution in [0.1, 0.15) is 38.5 Å². The number of rotatable bonds is 2. The first-order valence-electron chi connectivity index (χ1n) is 5.94. The first-order valence-corrected chi connectivity index (χ1v) is 5.94. The van der Waals surface area contributed by atoms with Crippen LogP contribution in [-0.4, -0.2) is 13.6 Å². The Labute approximate surface area is 93.4 Å². The lowest BCUT2D eigenvalue weighted by atomic mass is 9.49. The number of nitrogens with one attached hydrogen (secondary N) is 1. The molecule has 4 bridgehead atoms. The van der Waals surface area contributed by atoms with Crippen molar-refractivity contribution in [3.05, 3.63) is 0 Å². The van der Waals surface area contributed by atoms with Gasteiger partial charge < -0.3 is 5.32 Å². The maximum Gasteiger partial charge on any atom is 0.000511 e. The van der Waals surface area contributed by atoms with Gasteiger partial charge in [0.05, 0.1) is 0 Å². The molecule has 0 unspecified atom stereocenters. The van der Waals surface area contributed by atoms with Crippen molar-refractivity contribution >= 4 is 12.4 Å². The Hall–Kier alpha value is 0.250. The molecule has 0 amide bonds. The average molecular weight is 216 g/mol.